The first-order valence-corrected chi connectivity index (χ1v) is 5.93. The van der Waals surface area contributed by atoms with Crippen LogP contribution in [-0.4, -0.2) is 33.8 Å². The highest BCUT2D eigenvalue weighted by molar-refractivity contribution is 5.96. The third-order valence-corrected chi connectivity index (χ3v) is 2.12. The van der Waals surface area contributed by atoms with E-state index in [0.29, 0.717) is 0 Å². The first-order valence-electron chi connectivity index (χ1n) is 5.93. The van der Waals surface area contributed by atoms with Crippen molar-refractivity contribution in [2.24, 2.45) is 0 Å². The number of ether oxygens (including phenoxy) is 2. The molecule has 0 radical (unpaired) electrons. The van der Waals surface area contributed by atoms with Crippen LogP contribution in [0.4, 0.5) is 10.5 Å². The van der Waals surface area contributed by atoms with Crippen molar-refractivity contribution in [3.8, 4) is 0 Å². The molecule has 0 saturated carbocycles. The SMILES string of the molecule is CCOC(=O)c1c([N+](=O)[O-])ccn1C(=O)OC(C)(C)C. The van der Waals surface area contributed by atoms with Crippen LogP contribution in [0.2, 0.25) is 0 Å². The second-order valence-electron chi connectivity index (χ2n) is 4.88. The molecule has 0 N–H and O–H groups in total. The molecule has 1 aromatic rings. The van der Waals surface area contributed by atoms with E-state index in [4.69, 9.17) is 9.47 Å². The van der Waals surface area contributed by atoms with Gasteiger partial charge in [-0.15, -0.1) is 0 Å². The van der Waals surface area contributed by atoms with Crippen LogP contribution < -0.4 is 0 Å². The Morgan fingerprint density at radius 3 is 2.45 bits per heavy atom. The smallest absolute Gasteiger partial charge is 0.419 e. The summed E-state index contributed by atoms with van der Waals surface area (Å²) in [5.74, 6) is -0.949. The zero-order valence-corrected chi connectivity index (χ0v) is 11.7. The highest BCUT2D eigenvalue weighted by Gasteiger charge is 2.31. The van der Waals surface area contributed by atoms with Gasteiger partial charge in [0.2, 0.25) is 5.69 Å². The molecule has 1 aromatic heterocycles. The van der Waals surface area contributed by atoms with E-state index in [0.717, 1.165) is 16.8 Å². The number of nitrogens with zero attached hydrogens (tertiary/aromatic N) is 2. The Morgan fingerprint density at radius 1 is 1.40 bits per heavy atom. The van der Waals surface area contributed by atoms with Gasteiger partial charge < -0.3 is 9.47 Å². The summed E-state index contributed by atoms with van der Waals surface area (Å²) in [6.07, 6.45) is 0.229. The molecule has 0 saturated heterocycles. The Kier molecular flexibility index (Phi) is 4.49. The van der Waals surface area contributed by atoms with Crippen molar-refractivity contribution < 1.29 is 24.0 Å². The van der Waals surface area contributed by atoms with Gasteiger partial charge in [0, 0.05) is 12.3 Å². The van der Waals surface area contributed by atoms with Crippen LogP contribution in [0, 0.1) is 10.1 Å². The van der Waals surface area contributed by atoms with Crippen molar-refractivity contribution in [2.45, 2.75) is 33.3 Å². The van der Waals surface area contributed by atoms with Gasteiger partial charge in [0.05, 0.1) is 11.5 Å². The molecule has 1 heterocycles. The maximum atomic E-state index is 11.9. The summed E-state index contributed by atoms with van der Waals surface area (Å²) >= 11 is 0. The Balaban J connectivity index is 3.23. The predicted molar refractivity (Wildman–Crippen MR) is 68.7 cm³/mol. The van der Waals surface area contributed by atoms with Gasteiger partial charge in [0.15, 0.2) is 0 Å². The van der Waals surface area contributed by atoms with Gasteiger partial charge in [-0.1, -0.05) is 0 Å². The Bertz CT molecular complexity index is 541. The van der Waals surface area contributed by atoms with Crippen molar-refractivity contribution in [1.29, 1.82) is 0 Å². The summed E-state index contributed by atoms with van der Waals surface area (Å²) < 4.78 is 10.6. The fraction of sp³-hybridized carbons (Fsp3) is 0.500. The van der Waals surface area contributed by atoms with Crippen LogP contribution in [0.5, 0.6) is 0 Å². The van der Waals surface area contributed by atoms with Gasteiger partial charge >= 0.3 is 17.7 Å². The lowest BCUT2D eigenvalue weighted by atomic mass is 10.2. The summed E-state index contributed by atoms with van der Waals surface area (Å²) in [6.45, 7) is 6.53. The first kappa shape index (κ1) is 15.7. The highest BCUT2D eigenvalue weighted by atomic mass is 16.6. The fourth-order valence-corrected chi connectivity index (χ4v) is 1.43. The monoisotopic (exact) mass is 284 g/mol. The average Bonchev–Trinajstić information content (AvgIpc) is 2.71. The third-order valence-electron chi connectivity index (χ3n) is 2.12. The van der Waals surface area contributed by atoms with Crippen LogP contribution >= 0.6 is 0 Å². The molecule has 0 atom stereocenters. The number of carbonyl (C=O) groups excluding carboxylic acids is 2. The molecule has 0 spiro atoms. The minimum Gasteiger partial charge on any atom is -0.461 e. The van der Waals surface area contributed by atoms with Gasteiger partial charge in [-0.2, -0.15) is 0 Å². The number of esters is 1. The van der Waals surface area contributed by atoms with Crippen LogP contribution in [-0.2, 0) is 9.47 Å². The lowest BCUT2D eigenvalue weighted by Gasteiger charge is -2.19. The number of hydrogen-bond acceptors (Lipinski definition) is 6. The summed E-state index contributed by atoms with van der Waals surface area (Å²) in [4.78, 5) is 33.8. The van der Waals surface area contributed by atoms with Gasteiger partial charge in [-0.25, -0.2) is 14.2 Å². The largest absolute Gasteiger partial charge is 0.461 e. The molecule has 0 fully saturated rings. The second-order valence-corrected chi connectivity index (χ2v) is 4.88. The van der Waals surface area contributed by atoms with Crippen LogP contribution in [0.25, 0.3) is 0 Å². The van der Waals surface area contributed by atoms with Gasteiger partial charge in [-0.05, 0) is 27.7 Å². The number of rotatable bonds is 3. The van der Waals surface area contributed by atoms with Crippen molar-refractivity contribution >= 4 is 17.7 Å². The molecular weight excluding hydrogens is 268 g/mol. The predicted octanol–water partition coefficient (Wildman–Crippen LogP) is 2.36. The molecule has 0 aromatic carbocycles. The highest BCUT2D eigenvalue weighted by Crippen LogP contribution is 2.22. The van der Waals surface area contributed by atoms with E-state index in [2.05, 4.69) is 0 Å². The molecular formula is C12H16N2O6. The number of nitro groups is 1. The standard InChI is InChI=1S/C12H16N2O6/c1-5-19-10(15)9-8(14(17)18)6-7-13(9)11(16)20-12(2,3)4/h6-7H,5H2,1-4H3. The van der Waals surface area contributed by atoms with E-state index in [1.807, 2.05) is 0 Å². The molecule has 110 valence electrons. The molecule has 0 unspecified atom stereocenters. The third kappa shape index (κ3) is 3.56. The molecule has 20 heavy (non-hydrogen) atoms. The average molecular weight is 284 g/mol. The summed E-state index contributed by atoms with van der Waals surface area (Å²) in [5, 5.41) is 10.9. The van der Waals surface area contributed by atoms with Crippen LogP contribution in [0.15, 0.2) is 12.3 Å². The van der Waals surface area contributed by atoms with E-state index in [1.54, 1.807) is 27.7 Å². The van der Waals surface area contributed by atoms with E-state index >= 15 is 0 Å². The van der Waals surface area contributed by atoms with Gasteiger partial charge in [0.25, 0.3) is 0 Å². The quantitative estimate of drug-likeness (QED) is 0.479. The molecule has 0 aliphatic heterocycles. The Labute approximate surface area is 115 Å². The number of hydrogen-bond donors (Lipinski definition) is 0. The molecule has 0 aliphatic carbocycles. The van der Waals surface area contributed by atoms with Gasteiger partial charge in [-0.3, -0.25) is 10.1 Å². The molecule has 8 nitrogen and oxygen atoms in total. The lowest BCUT2D eigenvalue weighted by Crippen LogP contribution is -2.29. The Hall–Kier alpha value is -2.38. The summed E-state index contributed by atoms with van der Waals surface area (Å²) in [5.41, 5.74) is -1.75. The minimum atomic E-state index is -0.949. The van der Waals surface area contributed by atoms with Gasteiger partial charge in [0.1, 0.15) is 5.60 Å². The molecule has 0 bridgehead atoms. The van der Waals surface area contributed by atoms with E-state index in [9.17, 15) is 19.7 Å². The van der Waals surface area contributed by atoms with Crippen LogP contribution in [0.1, 0.15) is 38.2 Å². The molecule has 0 amide bonds. The van der Waals surface area contributed by atoms with Crippen molar-refractivity contribution in [2.75, 3.05) is 6.61 Å². The van der Waals surface area contributed by atoms with E-state index in [-0.39, 0.29) is 6.61 Å². The number of carbonyl (C=O) groups is 2. The van der Waals surface area contributed by atoms with E-state index in [1.165, 1.54) is 0 Å². The maximum Gasteiger partial charge on any atom is 0.419 e. The maximum absolute atomic E-state index is 11.9. The summed E-state index contributed by atoms with van der Waals surface area (Å²) in [6, 6.07) is 1.05. The molecule has 8 heteroatoms. The molecule has 1 rings (SSSR count). The zero-order valence-electron chi connectivity index (χ0n) is 11.7. The molecule has 0 aliphatic rings. The van der Waals surface area contributed by atoms with Crippen molar-refractivity contribution in [1.82, 2.24) is 4.57 Å². The lowest BCUT2D eigenvalue weighted by molar-refractivity contribution is -0.385. The first-order chi connectivity index (χ1) is 9.17. The summed E-state index contributed by atoms with van der Waals surface area (Å²) in [7, 11) is 0. The normalized spacial score (nSPS) is 11.0. The van der Waals surface area contributed by atoms with Crippen molar-refractivity contribution in [3.63, 3.8) is 0 Å². The Morgan fingerprint density at radius 2 is 2.00 bits per heavy atom. The minimum absolute atomic E-state index is 0.0372. The van der Waals surface area contributed by atoms with Crippen molar-refractivity contribution in [3.05, 3.63) is 28.1 Å². The second kappa shape index (κ2) is 5.72. The fourth-order valence-electron chi connectivity index (χ4n) is 1.43. The number of aromatic nitrogens is 1. The topological polar surface area (TPSA) is 101 Å². The van der Waals surface area contributed by atoms with Crippen LogP contribution in [0.3, 0.4) is 0 Å². The van der Waals surface area contributed by atoms with E-state index < -0.39 is 34.0 Å². The zero-order chi connectivity index (χ0) is 15.5.